The van der Waals surface area contributed by atoms with Crippen LogP contribution in [0.15, 0.2) is 48.8 Å². The van der Waals surface area contributed by atoms with E-state index >= 15 is 0 Å². The van der Waals surface area contributed by atoms with Gasteiger partial charge in [-0.05, 0) is 24.3 Å². The summed E-state index contributed by atoms with van der Waals surface area (Å²) in [6, 6.07) is 10.7. The maximum absolute atomic E-state index is 13.9. The van der Waals surface area contributed by atoms with Crippen LogP contribution in [0.4, 0.5) is 21.6 Å². The van der Waals surface area contributed by atoms with Crippen LogP contribution in [0, 0.1) is 10.7 Å². The molecule has 0 aliphatic heterocycles. The molecule has 0 radical (unpaired) electrons. The Hall–Kier alpha value is -3.75. The molecule has 1 heterocycles. The fourth-order valence-corrected chi connectivity index (χ4v) is 2.56. The van der Waals surface area contributed by atoms with Crippen molar-refractivity contribution in [2.45, 2.75) is 0 Å². The first-order chi connectivity index (χ1) is 13.0. The number of benzene rings is 2. The number of para-hydroxylation sites is 1. The number of hydrogen-bond acceptors (Lipinski definition) is 6. The van der Waals surface area contributed by atoms with Gasteiger partial charge in [-0.3, -0.25) is 0 Å². The summed E-state index contributed by atoms with van der Waals surface area (Å²) in [6.07, 6.45) is 1.32. The number of nitrogens with zero attached hydrogens (tertiary/aromatic N) is 3. The monoisotopic (exact) mass is 371 g/mol. The number of nitrogens with one attached hydrogen (secondary N) is 1. The Kier molecular flexibility index (Phi) is 5.11. The Balaban J connectivity index is 1.95. The largest absolute Gasteiger partial charge is 0.493 e. The van der Waals surface area contributed by atoms with Crippen molar-refractivity contribution in [3.8, 4) is 22.8 Å². The molecule has 27 heavy (non-hydrogen) atoms. The van der Waals surface area contributed by atoms with E-state index in [-0.39, 0.29) is 22.1 Å². The molecule has 0 bridgehead atoms. The van der Waals surface area contributed by atoms with Crippen LogP contribution in [0.2, 0.25) is 0 Å². The van der Waals surface area contributed by atoms with Gasteiger partial charge in [0.05, 0.1) is 24.8 Å². The van der Waals surface area contributed by atoms with E-state index in [1.54, 1.807) is 24.3 Å². The van der Waals surface area contributed by atoms with E-state index < -0.39 is 5.82 Å². The van der Waals surface area contributed by atoms with Crippen molar-refractivity contribution in [3.05, 3.63) is 59.5 Å². The third-order valence-corrected chi connectivity index (χ3v) is 3.77. The number of rotatable bonds is 6. The molecule has 8 nitrogen and oxygen atoms in total. The predicted molar refractivity (Wildman–Crippen MR) is 95.3 cm³/mol. The normalized spacial score (nSPS) is 10.3. The van der Waals surface area contributed by atoms with Crippen molar-refractivity contribution >= 4 is 17.2 Å². The van der Waals surface area contributed by atoms with Crippen molar-refractivity contribution in [3.63, 3.8) is 0 Å². The van der Waals surface area contributed by atoms with Crippen LogP contribution in [0.25, 0.3) is 11.3 Å². The number of hydrogen-bond donors (Lipinski definition) is 2. The van der Waals surface area contributed by atoms with Gasteiger partial charge in [0.25, 0.3) is 4.92 Å². The van der Waals surface area contributed by atoms with Crippen LogP contribution in [-0.2, 0) is 0 Å². The minimum absolute atomic E-state index is 0.0661. The molecule has 3 aromatic rings. The second kappa shape index (κ2) is 7.65. The lowest BCUT2D eigenvalue weighted by molar-refractivity contribution is -0.730. The average molecular weight is 371 g/mol. The van der Waals surface area contributed by atoms with Crippen molar-refractivity contribution in [2.75, 3.05) is 19.5 Å². The Morgan fingerprint density at radius 3 is 2.63 bits per heavy atom. The van der Waals surface area contributed by atoms with Gasteiger partial charge in [0, 0.05) is 23.4 Å². The lowest BCUT2D eigenvalue weighted by Gasteiger charge is -2.10. The first-order valence-electron chi connectivity index (χ1n) is 7.79. The van der Waals surface area contributed by atoms with Gasteiger partial charge in [0.1, 0.15) is 12.1 Å². The number of aromatic nitrogens is 2. The molecule has 0 aliphatic carbocycles. The van der Waals surface area contributed by atoms with Gasteiger partial charge < -0.3 is 14.8 Å². The van der Waals surface area contributed by atoms with E-state index in [1.165, 1.54) is 38.7 Å². The fraction of sp³-hybridized carbons (Fsp3) is 0.111. The maximum Gasteiger partial charge on any atom is 0.360 e. The van der Waals surface area contributed by atoms with Gasteiger partial charge in [0.2, 0.25) is 5.75 Å². The third kappa shape index (κ3) is 3.76. The van der Waals surface area contributed by atoms with E-state index in [0.717, 1.165) is 0 Å². The summed E-state index contributed by atoms with van der Waals surface area (Å²) in [5.74, 6) is 0.196. The van der Waals surface area contributed by atoms with Crippen molar-refractivity contribution in [2.24, 2.45) is 0 Å². The SMILES string of the molecule is COc1ccc(Nc2cc(-c3cccc(F)c3OC)ncn2)cc1[N+](=O)O. The van der Waals surface area contributed by atoms with Gasteiger partial charge in [-0.1, -0.05) is 6.07 Å². The highest BCUT2D eigenvalue weighted by Gasteiger charge is 2.20. The zero-order chi connectivity index (χ0) is 19.4. The quantitative estimate of drug-likeness (QED) is 0.635. The first-order valence-corrected chi connectivity index (χ1v) is 7.79. The molecule has 0 amide bonds. The van der Waals surface area contributed by atoms with E-state index in [4.69, 9.17) is 9.47 Å². The fourth-order valence-electron chi connectivity index (χ4n) is 2.56. The third-order valence-electron chi connectivity index (χ3n) is 3.77. The minimum Gasteiger partial charge on any atom is -0.493 e. The van der Waals surface area contributed by atoms with Gasteiger partial charge in [-0.2, -0.15) is 0 Å². The summed E-state index contributed by atoms with van der Waals surface area (Å²) < 4.78 is 24.1. The molecule has 2 aromatic carbocycles. The smallest absolute Gasteiger partial charge is 0.360 e. The van der Waals surface area contributed by atoms with Crippen molar-refractivity contribution < 1.29 is 24.0 Å². The van der Waals surface area contributed by atoms with E-state index in [9.17, 15) is 14.5 Å². The zero-order valence-corrected chi connectivity index (χ0v) is 14.5. The second-order valence-electron chi connectivity index (χ2n) is 5.39. The van der Waals surface area contributed by atoms with E-state index in [1.807, 2.05) is 0 Å². The highest BCUT2D eigenvalue weighted by Crippen LogP contribution is 2.33. The van der Waals surface area contributed by atoms with Crippen LogP contribution < -0.4 is 14.8 Å². The molecule has 0 atom stereocenters. The predicted octanol–water partition coefficient (Wildman–Crippen LogP) is 3.84. The zero-order valence-electron chi connectivity index (χ0n) is 14.5. The van der Waals surface area contributed by atoms with Crippen LogP contribution in [0.1, 0.15) is 0 Å². The molecule has 0 spiro atoms. The van der Waals surface area contributed by atoms with Gasteiger partial charge in [-0.25, -0.2) is 19.6 Å². The second-order valence-corrected chi connectivity index (χ2v) is 5.39. The summed E-state index contributed by atoms with van der Waals surface area (Å²) in [5, 5.41) is 12.2. The maximum atomic E-state index is 13.9. The Labute approximate surface area is 153 Å². The number of anilines is 2. The molecule has 0 saturated carbocycles. The molecule has 0 saturated heterocycles. The van der Waals surface area contributed by atoms with Gasteiger partial charge in [-0.15, -0.1) is 0 Å². The van der Waals surface area contributed by atoms with Gasteiger partial charge >= 0.3 is 5.69 Å². The lowest BCUT2D eigenvalue weighted by Crippen LogP contribution is -2.00. The molecule has 3 rings (SSSR count). The van der Waals surface area contributed by atoms with E-state index in [2.05, 4.69) is 15.3 Å². The minimum atomic E-state index is -0.499. The Morgan fingerprint density at radius 1 is 1.11 bits per heavy atom. The van der Waals surface area contributed by atoms with Crippen molar-refractivity contribution in [1.82, 2.24) is 9.97 Å². The Bertz CT molecular complexity index is 997. The van der Waals surface area contributed by atoms with Gasteiger partial charge in [0.15, 0.2) is 11.6 Å². The summed E-state index contributed by atoms with van der Waals surface area (Å²) in [4.78, 5) is 19.2. The number of methoxy groups -OCH3 is 2. The van der Waals surface area contributed by atoms with Crippen LogP contribution in [0.5, 0.6) is 11.5 Å². The summed E-state index contributed by atoms with van der Waals surface area (Å²) in [5.41, 5.74) is 1.34. The molecule has 9 heteroatoms. The summed E-state index contributed by atoms with van der Waals surface area (Å²) >= 11 is 0. The van der Waals surface area contributed by atoms with Crippen LogP contribution in [0.3, 0.4) is 0 Å². The molecule has 2 N–H and O–H groups in total. The van der Waals surface area contributed by atoms with Crippen molar-refractivity contribution in [1.29, 1.82) is 0 Å². The molecule has 0 fully saturated rings. The summed E-state index contributed by atoms with van der Waals surface area (Å²) in [7, 11) is 2.77. The molecule has 0 aliphatic rings. The average Bonchev–Trinajstić information content (AvgIpc) is 2.68. The highest BCUT2D eigenvalue weighted by atomic mass is 19.1. The van der Waals surface area contributed by atoms with Crippen LogP contribution >= 0.6 is 0 Å². The molecule has 138 valence electrons. The topological polar surface area (TPSA) is 96.6 Å². The Morgan fingerprint density at radius 2 is 1.93 bits per heavy atom. The van der Waals surface area contributed by atoms with E-state index in [0.29, 0.717) is 22.8 Å². The number of halogens is 1. The molecular formula is C18H16FN4O4+. The molecular weight excluding hydrogens is 355 g/mol. The first kappa shape index (κ1) is 18.1. The molecule has 1 aromatic heterocycles. The summed E-state index contributed by atoms with van der Waals surface area (Å²) in [6.45, 7) is 0. The number of ether oxygens (including phenoxy) is 2. The lowest BCUT2D eigenvalue weighted by atomic mass is 10.1. The molecule has 0 unspecified atom stereocenters. The van der Waals surface area contributed by atoms with Crippen LogP contribution in [-0.4, -0.2) is 34.3 Å². The highest BCUT2D eigenvalue weighted by molar-refractivity contribution is 5.71. The standard InChI is InChI=1S/C18H16FN4O4/c1-26-16-7-6-11(8-15(16)23(24)25)22-17-9-14(20-10-21-17)12-4-3-5-13(19)18(12)27-2/h3-10H,1-2H3,(H,24,25)(H,20,21,22)/q+1.